The molecule has 0 spiro atoms. The lowest BCUT2D eigenvalue weighted by atomic mass is 10.2. The van der Waals surface area contributed by atoms with Gasteiger partial charge < -0.3 is 10.2 Å². The fourth-order valence-electron chi connectivity index (χ4n) is 2.43. The summed E-state index contributed by atoms with van der Waals surface area (Å²) in [6, 6.07) is 19.8. The number of anilines is 3. The lowest BCUT2D eigenvalue weighted by molar-refractivity contribution is 0.880. The summed E-state index contributed by atoms with van der Waals surface area (Å²) in [6.45, 7) is 2.69. The largest absolute Gasteiger partial charge is 0.355 e. The third-order valence-corrected chi connectivity index (χ3v) is 3.85. The van der Waals surface area contributed by atoms with Gasteiger partial charge in [0, 0.05) is 30.4 Å². The molecule has 0 amide bonds. The summed E-state index contributed by atoms with van der Waals surface area (Å²) in [5.74, 6) is 2.37. The molecule has 1 heterocycles. The number of nitrogens with zero attached hydrogens (tertiary/aromatic N) is 3. The van der Waals surface area contributed by atoms with Crippen LogP contribution < -0.4 is 10.2 Å². The van der Waals surface area contributed by atoms with Crippen molar-refractivity contribution in [1.29, 1.82) is 0 Å². The molecule has 5 heteroatoms. The maximum atomic E-state index is 5.92. The highest BCUT2D eigenvalue weighted by molar-refractivity contribution is 6.30. The Morgan fingerprint density at radius 1 is 1.00 bits per heavy atom. The number of aryl methyl sites for hydroxylation is 1. The van der Waals surface area contributed by atoms with Crippen molar-refractivity contribution in [3.05, 3.63) is 77.1 Å². The number of hydrogen-bond acceptors (Lipinski definition) is 4. The summed E-state index contributed by atoms with van der Waals surface area (Å²) in [6.07, 6.45) is 0. The first-order chi connectivity index (χ1) is 11.6. The zero-order valence-corrected chi connectivity index (χ0v) is 14.5. The number of nitrogens with one attached hydrogen (secondary N) is 1. The van der Waals surface area contributed by atoms with Gasteiger partial charge in [0.15, 0.2) is 0 Å². The Labute approximate surface area is 147 Å². The summed E-state index contributed by atoms with van der Waals surface area (Å²) in [5, 5.41) is 4.01. The van der Waals surface area contributed by atoms with E-state index >= 15 is 0 Å². The molecule has 0 saturated carbocycles. The van der Waals surface area contributed by atoms with Crippen LogP contribution in [0.25, 0.3) is 0 Å². The lowest BCUT2D eigenvalue weighted by Gasteiger charge is -2.19. The SMILES string of the molecule is Cc1nc(Nc2ccc(Cl)cc2)cc(N(C)Cc2ccccc2)n1. The smallest absolute Gasteiger partial charge is 0.136 e. The van der Waals surface area contributed by atoms with Crippen molar-refractivity contribution in [1.82, 2.24) is 9.97 Å². The summed E-state index contributed by atoms with van der Waals surface area (Å²) >= 11 is 5.92. The van der Waals surface area contributed by atoms with Gasteiger partial charge in [-0.25, -0.2) is 9.97 Å². The van der Waals surface area contributed by atoms with E-state index in [4.69, 9.17) is 11.6 Å². The van der Waals surface area contributed by atoms with E-state index in [1.165, 1.54) is 5.56 Å². The Morgan fingerprint density at radius 2 is 1.71 bits per heavy atom. The third kappa shape index (κ3) is 4.24. The molecule has 122 valence electrons. The maximum Gasteiger partial charge on any atom is 0.136 e. The first kappa shape index (κ1) is 16.3. The standard InChI is InChI=1S/C19H19ClN4/c1-14-21-18(23-17-10-8-16(20)9-11-17)12-19(22-14)24(2)13-15-6-4-3-5-7-15/h3-12H,13H2,1-2H3,(H,21,22,23). The summed E-state index contributed by atoms with van der Waals surface area (Å²) in [7, 11) is 2.03. The van der Waals surface area contributed by atoms with E-state index < -0.39 is 0 Å². The molecule has 1 N–H and O–H groups in total. The Balaban J connectivity index is 1.79. The number of aromatic nitrogens is 2. The van der Waals surface area contributed by atoms with E-state index in [1.54, 1.807) is 0 Å². The van der Waals surface area contributed by atoms with Gasteiger partial charge in [-0.1, -0.05) is 41.9 Å². The van der Waals surface area contributed by atoms with Crippen LogP contribution in [0.5, 0.6) is 0 Å². The van der Waals surface area contributed by atoms with Gasteiger partial charge in [0.2, 0.25) is 0 Å². The van der Waals surface area contributed by atoms with Crippen LogP contribution in [0.1, 0.15) is 11.4 Å². The number of halogens is 1. The predicted molar refractivity (Wildman–Crippen MR) is 100 cm³/mol. The molecule has 0 fully saturated rings. The Kier molecular flexibility index (Phi) is 4.96. The second-order valence-electron chi connectivity index (χ2n) is 5.63. The highest BCUT2D eigenvalue weighted by Crippen LogP contribution is 2.21. The first-order valence-corrected chi connectivity index (χ1v) is 8.11. The zero-order valence-electron chi connectivity index (χ0n) is 13.7. The molecule has 24 heavy (non-hydrogen) atoms. The van der Waals surface area contributed by atoms with Crippen LogP contribution in [0.2, 0.25) is 5.02 Å². The number of benzene rings is 2. The lowest BCUT2D eigenvalue weighted by Crippen LogP contribution is -2.18. The fourth-order valence-corrected chi connectivity index (χ4v) is 2.56. The highest BCUT2D eigenvalue weighted by Gasteiger charge is 2.08. The quantitative estimate of drug-likeness (QED) is 0.724. The molecule has 0 radical (unpaired) electrons. The van der Waals surface area contributed by atoms with Gasteiger partial charge in [-0.15, -0.1) is 0 Å². The predicted octanol–water partition coefficient (Wildman–Crippen LogP) is 4.82. The van der Waals surface area contributed by atoms with Crippen LogP contribution in [0.15, 0.2) is 60.7 Å². The number of rotatable bonds is 5. The van der Waals surface area contributed by atoms with Gasteiger partial charge in [0.05, 0.1) is 0 Å². The normalized spacial score (nSPS) is 10.5. The Bertz CT molecular complexity index is 803. The number of hydrogen-bond donors (Lipinski definition) is 1. The van der Waals surface area contributed by atoms with Crippen molar-refractivity contribution < 1.29 is 0 Å². The molecule has 4 nitrogen and oxygen atoms in total. The van der Waals surface area contributed by atoms with Crippen molar-refractivity contribution in [2.45, 2.75) is 13.5 Å². The monoisotopic (exact) mass is 338 g/mol. The van der Waals surface area contributed by atoms with Crippen molar-refractivity contribution in [3.8, 4) is 0 Å². The molecule has 1 aromatic heterocycles. The molecule has 3 aromatic rings. The van der Waals surface area contributed by atoms with Crippen molar-refractivity contribution in [2.75, 3.05) is 17.3 Å². The molecule has 0 saturated heterocycles. The van der Waals surface area contributed by atoms with Gasteiger partial charge in [-0.3, -0.25) is 0 Å². The molecule has 2 aromatic carbocycles. The van der Waals surface area contributed by atoms with E-state index in [-0.39, 0.29) is 0 Å². The van der Waals surface area contributed by atoms with E-state index in [0.29, 0.717) is 5.02 Å². The highest BCUT2D eigenvalue weighted by atomic mass is 35.5. The van der Waals surface area contributed by atoms with Crippen molar-refractivity contribution >= 4 is 28.9 Å². The van der Waals surface area contributed by atoms with Crippen molar-refractivity contribution in [2.24, 2.45) is 0 Å². The van der Waals surface area contributed by atoms with E-state index in [2.05, 4.69) is 32.3 Å². The Morgan fingerprint density at radius 3 is 2.42 bits per heavy atom. The van der Waals surface area contributed by atoms with Gasteiger partial charge >= 0.3 is 0 Å². The van der Waals surface area contributed by atoms with Crippen LogP contribution in [0.4, 0.5) is 17.3 Å². The average Bonchev–Trinajstić information content (AvgIpc) is 2.57. The second kappa shape index (κ2) is 7.32. The van der Waals surface area contributed by atoms with Gasteiger partial charge in [0.25, 0.3) is 0 Å². The van der Waals surface area contributed by atoms with Gasteiger partial charge in [-0.05, 0) is 36.8 Å². The van der Waals surface area contributed by atoms with E-state index in [9.17, 15) is 0 Å². The van der Waals surface area contributed by atoms with Crippen LogP contribution in [-0.4, -0.2) is 17.0 Å². The maximum absolute atomic E-state index is 5.92. The van der Waals surface area contributed by atoms with Crippen LogP contribution in [0, 0.1) is 6.92 Å². The molecule has 0 unspecified atom stereocenters. The summed E-state index contributed by atoms with van der Waals surface area (Å²) in [4.78, 5) is 11.1. The minimum absolute atomic E-state index is 0.711. The summed E-state index contributed by atoms with van der Waals surface area (Å²) in [5.41, 5.74) is 2.18. The molecule has 0 aliphatic carbocycles. The topological polar surface area (TPSA) is 41.1 Å². The minimum Gasteiger partial charge on any atom is -0.355 e. The van der Waals surface area contributed by atoms with Crippen LogP contribution >= 0.6 is 11.6 Å². The zero-order chi connectivity index (χ0) is 16.9. The average molecular weight is 339 g/mol. The molecule has 0 aliphatic heterocycles. The molecule has 0 bridgehead atoms. The first-order valence-electron chi connectivity index (χ1n) is 7.73. The van der Waals surface area contributed by atoms with Gasteiger partial charge in [-0.2, -0.15) is 0 Å². The fraction of sp³-hybridized carbons (Fsp3) is 0.158. The van der Waals surface area contributed by atoms with Gasteiger partial charge in [0.1, 0.15) is 17.5 Å². The van der Waals surface area contributed by atoms with Crippen LogP contribution in [0.3, 0.4) is 0 Å². The molecule has 0 atom stereocenters. The molecule has 0 aliphatic rings. The van der Waals surface area contributed by atoms with E-state index in [1.807, 2.05) is 62.5 Å². The Hall–Kier alpha value is -2.59. The molecule has 3 rings (SSSR count). The second-order valence-corrected chi connectivity index (χ2v) is 6.07. The summed E-state index contributed by atoms with van der Waals surface area (Å²) < 4.78 is 0. The van der Waals surface area contributed by atoms with Crippen LogP contribution in [-0.2, 0) is 6.54 Å². The van der Waals surface area contributed by atoms with E-state index in [0.717, 1.165) is 29.7 Å². The van der Waals surface area contributed by atoms with Crippen molar-refractivity contribution in [3.63, 3.8) is 0 Å². The third-order valence-electron chi connectivity index (χ3n) is 3.59. The molecular weight excluding hydrogens is 320 g/mol. The molecular formula is C19H19ClN4. The minimum atomic E-state index is 0.711.